The Morgan fingerprint density at radius 2 is 2.17 bits per heavy atom. The van der Waals surface area contributed by atoms with Crippen LogP contribution < -0.4 is 10.6 Å². The monoisotopic (exact) mass is 344 g/mol. The number of rotatable bonds is 4. The van der Waals surface area contributed by atoms with Gasteiger partial charge in [0.25, 0.3) is 0 Å². The Bertz CT molecular complexity index is 719. The number of aryl methyl sites for hydroxylation is 1. The van der Waals surface area contributed by atoms with Crippen molar-refractivity contribution in [2.45, 2.75) is 25.8 Å². The molecule has 2 aromatic rings. The molecule has 6 heteroatoms. The summed E-state index contributed by atoms with van der Waals surface area (Å²) in [6.07, 6.45) is 1.76. The number of carbonyl (C=O) groups excluding carboxylic acids is 1. The fourth-order valence-corrected chi connectivity index (χ4v) is 3.22. The lowest BCUT2D eigenvalue weighted by atomic mass is 9.89. The SMILES string of the molecule is Cc1cccc([C@H](C)NC(=O)[C@@H]2CNC[C@H]2c2ccc(Cl)nc2)n1. The van der Waals surface area contributed by atoms with Gasteiger partial charge < -0.3 is 10.6 Å². The van der Waals surface area contributed by atoms with E-state index in [9.17, 15) is 4.79 Å². The standard InChI is InChI=1S/C18H21ClN4O/c1-11-4-3-5-16(22-11)12(2)23-18(24)15-10-20-9-14(15)13-6-7-17(19)21-8-13/h3-8,12,14-15,20H,9-10H2,1-2H3,(H,23,24)/t12-,14-,15+/m0/s1. The molecule has 5 nitrogen and oxygen atoms in total. The van der Waals surface area contributed by atoms with Gasteiger partial charge in [0.15, 0.2) is 0 Å². The number of nitrogens with zero attached hydrogens (tertiary/aromatic N) is 2. The highest BCUT2D eigenvalue weighted by Gasteiger charge is 2.34. The molecule has 0 spiro atoms. The summed E-state index contributed by atoms with van der Waals surface area (Å²) in [5.74, 6) is 0.0171. The first-order valence-electron chi connectivity index (χ1n) is 8.10. The van der Waals surface area contributed by atoms with E-state index in [1.54, 1.807) is 12.3 Å². The molecule has 24 heavy (non-hydrogen) atoms. The van der Waals surface area contributed by atoms with Gasteiger partial charge in [-0.15, -0.1) is 0 Å². The average Bonchev–Trinajstić information content (AvgIpc) is 3.05. The van der Waals surface area contributed by atoms with Crippen LogP contribution in [0.5, 0.6) is 0 Å². The van der Waals surface area contributed by atoms with Crippen LogP contribution in [0.25, 0.3) is 0 Å². The van der Waals surface area contributed by atoms with Gasteiger partial charge in [-0.1, -0.05) is 23.7 Å². The molecule has 3 atom stereocenters. The van der Waals surface area contributed by atoms with E-state index in [-0.39, 0.29) is 23.8 Å². The van der Waals surface area contributed by atoms with E-state index in [0.717, 1.165) is 23.5 Å². The van der Waals surface area contributed by atoms with Crippen molar-refractivity contribution in [3.63, 3.8) is 0 Å². The van der Waals surface area contributed by atoms with Crippen molar-refractivity contribution in [3.05, 3.63) is 58.6 Å². The second kappa shape index (κ2) is 7.28. The van der Waals surface area contributed by atoms with Crippen LogP contribution >= 0.6 is 11.6 Å². The number of amides is 1. The van der Waals surface area contributed by atoms with Gasteiger partial charge >= 0.3 is 0 Å². The van der Waals surface area contributed by atoms with Gasteiger partial charge in [0.2, 0.25) is 5.91 Å². The van der Waals surface area contributed by atoms with Gasteiger partial charge in [0.1, 0.15) is 5.15 Å². The predicted octanol–water partition coefficient (Wildman–Crippen LogP) is 2.62. The summed E-state index contributed by atoms with van der Waals surface area (Å²) in [4.78, 5) is 21.4. The van der Waals surface area contributed by atoms with Gasteiger partial charge in [-0.05, 0) is 37.6 Å². The number of pyridine rings is 2. The second-order valence-corrected chi connectivity index (χ2v) is 6.61. The summed E-state index contributed by atoms with van der Waals surface area (Å²) >= 11 is 5.85. The molecule has 2 N–H and O–H groups in total. The molecule has 1 amide bonds. The Labute approximate surface area is 146 Å². The van der Waals surface area contributed by atoms with Crippen LogP contribution in [0.4, 0.5) is 0 Å². The van der Waals surface area contributed by atoms with Crippen LogP contribution in [-0.4, -0.2) is 29.0 Å². The maximum Gasteiger partial charge on any atom is 0.225 e. The summed E-state index contributed by atoms with van der Waals surface area (Å²) in [7, 11) is 0. The number of hydrogen-bond acceptors (Lipinski definition) is 4. The molecule has 3 heterocycles. The highest BCUT2D eigenvalue weighted by Crippen LogP contribution is 2.29. The third-order valence-electron chi connectivity index (χ3n) is 4.44. The molecule has 0 saturated carbocycles. The first kappa shape index (κ1) is 16.9. The van der Waals surface area contributed by atoms with Crippen molar-refractivity contribution in [2.75, 3.05) is 13.1 Å². The Hall–Kier alpha value is -1.98. The molecule has 0 unspecified atom stereocenters. The highest BCUT2D eigenvalue weighted by molar-refractivity contribution is 6.29. The Balaban J connectivity index is 1.70. The molecule has 0 aliphatic carbocycles. The van der Waals surface area contributed by atoms with Crippen molar-refractivity contribution in [3.8, 4) is 0 Å². The third kappa shape index (κ3) is 3.74. The lowest BCUT2D eigenvalue weighted by Crippen LogP contribution is -2.36. The highest BCUT2D eigenvalue weighted by atomic mass is 35.5. The fraction of sp³-hybridized carbons (Fsp3) is 0.389. The molecule has 1 aliphatic rings. The Morgan fingerprint density at radius 3 is 2.88 bits per heavy atom. The lowest BCUT2D eigenvalue weighted by molar-refractivity contribution is -0.125. The lowest BCUT2D eigenvalue weighted by Gasteiger charge is -2.21. The van der Waals surface area contributed by atoms with Gasteiger partial charge in [-0.3, -0.25) is 9.78 Å². The molecular weight excluding hydrogens is 324 g/mol. The van der Waals surface area contributed by atoms with Crippen LogP contribution in [0.1, 0.15) is 35.8 Å². The molecule has 0 radical (unpaired) electrons. The molecule has 1 saturated heterocycles. The Kier molecular flexibility index (Phi) is 5.11. The van der Waals surface area contributed by atoms with E-state index in [1.165, 1.54) is 0 Å². The average molecular weight is 345 g/mol. The topological polar surface area (TPSA) is 66.9 Å². The first-order chi connectivity index (χ1) is 11.5. The van der Waals surface area contributed by atoms with E-state index in [1.807, 2.05) is 38.1 Å². The summed E-state index contributed by atoms with van der Waals surface area (Å²) in [6, 6.07) is 9.43. The summed E-state index contributed by atoms with van der Waals surface area (Å²) in [5.41, 5.74) is 2.85. The normalized spacial score (nSPS) is 21.5. The number of nitrogens with one attached hydrogen (secondary N) is 2. The third-order valence-corrected chi connectivity index (χ3v) is 4.67. The molecular formula is C18H21ClN4O. The maximum absolute atomic E-state index is 12.7. The Morgan fingerprint density at radius 1 is 1.33 bits per heavy atom. The number of hydrogen-bond donors (Lipinski definition) is 2. The van der Waals surface area contributed by atoms with E-state index >= 15 is 0 Å². The molecule has 2 aromatic heterocycles. The van der Waals surface area contributed by atoms with Crippen LogP contribution in [0.3, 0.4) is 0 Å². The second-order valence-electron chi connectivity index (χ2n) is 6.22. The van der Waals surface area contributed by atoms with Crippen LogP contribution in [0, 0.1) is 12.8 Å². The number of carbonyl (C=O) groups is 1. The quantitative estimate of drug-likeness (QED) is 0.837. The molecule has 126 valence electrons. The van der Waals surface area contributed by atoms with Crippen molar-refractivity contribution < 1.29 is 4.79 Å². The number of aromatic nitrogens is 2. The van der Waals surface area contributed by atoms with Gasteiger partial charge in [-0.25, -0.2) is 4.98 Å². The van der Waals surface area contributed by atoms with Crippen LogP contribution in [0.15, 0.2) is 36.5 Å². The minimum absolute atomic E-state index is 0.0377. The number of halogens is 1. The first-order valence-corrected chi connectivity index (χ1v) is 8.48. The predicted molar refractivity (Wildman–Crippen MR) is 93.9 cm³/mol. The zero-order valence-corrected chi connectivity index (χ0v) is 14.5. The van der Waals surface area contributed by atoms with E-state index in [2.05, 4.69) is 20.6 Å². The van der Waals surface area contributed by atoms with E-state index in [4.69, 9.17) is 11.6 Å². The van der Waals surface area contributed by atoms with Gasteiger partial charge in [0.05, 0.1) is 17.7 Å². The fourth-order valence-electron chi connectivity index (χ4n) is 3.11. The summed E-state index contributed by atoms with van der Waals surface area (Å²) in [6.45, 7) is 5.33. The molecule has 1 aliphatic heterocycles. The smallest absolute Gasteiger partial charge is 0.225 e. The summed E-state index contributed by atoms with van der Waals surface area (Å²) < 4.78 is 0. The molecule has 3 rings (SSSR count). The van der Waals surface area contributed by atoms with Crippen molar-refractivity contribution in [2.24, 2.45) is 5.92 Å². The van der Waals surface area contributed by atoms with Crippen molar-refractivity contribution >= 4 is 17.5 Å². The van der Waals surface area contributed by atoms with E-state index < -0.39 is 0 Å². The van der Waals surface area contributed by atoms with Crippen molar-refractivity contribution in [1.82, 2.24) is 20.6 Å². The molecule has 1 fully saturated rings. The van der Waals surface area contributed by atoms with Crippen LogP contribution in [-0.2, 0) is 4.79 Å². The van der Waals surface area contributed by atoms with Gasteiger partial charge in [0, 0.05) is 30.9 Å². The van der Waals surface area contributed by atoms with Crippen LogP contribution in [0.2, 0.25) is 5.15 Å². The largest absolute Gasteiger partial charge is 0.348 e. The minimum Gasteiger partial charge on any atom is -0.348 e. The van der Waals surface area contributed by atoms with E-state index in [0.29, 0.717) is 11.7 Å². The van der Waals surface area contributed by atoms with Gasteiger partial charge in [-0.2, -0.15) is 0 Å². The van der Waals surface area contributed by atoms with Crippen molar-refractivity contribution in [1.29, 1.82) is 0 Å². The molecule has 0 aromatic carbocycles. The zero-order valence-electron chi connectivity index (χ0n) is 13.8. The zero-order chi connectivity index (χ0) is 17.1. The maximum atomic E-state index is 12.7. The molecule has 0 bridgehead atoms. The summed E-state index contributed by atoms with van der Waals surface area (Å²) in [5, 5.41) is 6.85. The minimum atomic E-state index is -0.125.